The average Bonchev–Trinajstić information content (AvgIpc) is 2.93. The van der Waals surface area contributed by atoms with Crippen LogP contribution in [0.2, 0.25) is 0 Å². The highest BCUT2D eigenvalue weighted by molar-refractivity contribution is 4.93. The van der Waals surface area contributed by atoms with Gasteiger partial charge in [0.25, 0.3) is 0 Å². The van der Waals surface area contributed by atoms with Crippen molar-refractivity contribution in [3.05, 3.63) is 0 Å². The minimum Gasteiger partial charge on any atom is -0.390 e. The molecule has 2 N–H and O–H groups in total. The third-order valence-electron chi connectivity index (χ3n) is 3.97. The van der Waals surface area contributed by atoms with Gasteiger partial charge in [-0.3, -0.25) is 0 Å². The van der Waals surface area contributed by atoms with Crippen molar-refractivity contribution in [1.82, 2.24) is 5.32 Å². The molecule has 0 aliphatic heterocycles. The molecule has 0 amide bonds. The molecule has 0 saturated heterocycles. The number of nitrogens with one attached hydrogen (secondary N) is 1. The molecule has 0 spiro atoms. The zero-order valence-corrected chi connectivity index (χ0v) is 9.42. The first-order valence-electron chi connectivity index (χ1n) is 6.08. The van der Waals surface area contributed by atoms with Gasteiger partial charge in [-0.05, 0) is 44.4 Å². The summed E-state index contributed by atoms with van der Waals surface area (Å²) in [4.78, 5) is 0. The molecule has 0 unspecified atom stereocenters. The van der Waals surface area contributed by atoms with Crippen LogP contribution in [0, 0.1) is 5.92 Å². The summed E-state index contributed by atoms with van der Waals surface area (Å²) < 4.78 is 0. The first-order valence-corrected chi connectivity index (χ1v) is 6.08. The van der Waals surface area contributed by atoms with Crippen LogP contribution in [0.4, 0.5) is 0 Å². The van der Waals surface area contributed by atoms with E-state index in [-0.39, 0.29) is 5.60 Å². The summed E-state index contributed by atoms with van der Waals surface area (Å²) in [6.07, 6.45) is 7.01. The van der Waals surface area contributed by atoms with Crippen molar-refractivity contribution in [3.63, 3.8) is 0 Å². The predicted octanol–water partition coefficient (Wildman–Crippen LogP) is 2.07. The Labute approximate surface area is 87.1 Å². The summed E-state index contributed by atoms with van der Waals surface area (Å²) in [5.74, 6) is 0.407. The van der Waals surface area contributed by atoms with Crippen molar-refractivity contribution in [2.45, 2.75) is 70.1 Å². The lowest BCUT2D eigenvalue weighted by Gasteiger charge is -2.39. The van der Waals surface area contributed by atoms with Gasteiger partial charge in [0.15, 0.2) is 0 Å². The van der Waals surface area contributed by atoms with E-state index >= 15 is 0 Å². The molecule has 2 rings (SSSR count). The molecule has 0 aromatic carbocycles. The second-order valence-corrected chi connectivity index (χ2v) is 5.47. The summed E-state index contributed by atoms with van der Waals surface area (Å²) >= 11 is 0. The van der Waals surface area contributed by atoms with Crippen LogP contribution in [-0.4, -0.2) is 22.8 Å². The largest absolute Gasteiger partial charge is 0.390 e. The number of aliphatic hydroxyl groups is 1. The SMILES string of the molecule is CC(C)C1(O)CCC(NC2CC2)CC1. The Morgan fingerprint density at radius 1 is 1.07 bits per heavy atom. The molecule has 2 nitrogen and oxygen atoms in total. The Balaban J connectivity index is 1.78. The van der Waals surface area contributed by atoms with E-state index in [1.54, 1.807) is 0 Å². The average molecular weight is 197 g/mol. The van der Waals surface area contributed by atoms with Gasteiger partial charge in [0, 0.05) is 12.1 Å². The van der Waals surface area contributed by atoms with Crippen LogP contribution >= 0.6 is 0 Å². The summed E-state index contributed by atoms with van der Waals surface area (Å²) in [7, 11) is 0. The van der Waals surface area contributed by atoms with E-state index in [0.29, 0.717) is 12.0 Å². The molecule has 2 aliphatic carbocycles. The van der Waals surface area contributed by atoms with Crippen LogP contribution in [0.5, 0.6) is 0 Å². The minimum absolute atomic E-state index is 0.373. The maximum atomic E-state index is 10.3. The fourth-order valence-corrected chi connectivity index (χ4v) is 2.45. The van der Waals surface area contributed by atoms with Crippen LogP contribution in [-0.2, 0) is 0 Å². The molecule has 2 fully saturated rings. The minimum atomic E-state index is -0.373. The first kappa shape index (κ1) is 10.4. The third-order valence-corrected chi connectivity index (χ3v) is 3.97. The molecule has 14 heavy (non-hydrogen) atoms. The Kier molecular flexibility index (Phi) is 2.85. The zero-order valence-electron chi connectivity index (χ0n) is 9.42. The highest BCUT2D eigenvalue weighted by Crippen LogP contribution is 2.35. The molecule has 0 aromatic rings. The summed E-state index contributed by atoms with van der Waals surface area (Å²) in [6.45, 7) is 4.27. The molecule has 0 bridgehead atoms. The molecule has 2 aliphatic rings. The van der Waals surface area contributed by atoms with Crippen LogP contribution in [0.1, 0.15) is 52.4 Å². The maximum absolute atomic E-state index is 10.3. The molecule has 0 atom stereocenters. The number of hydrogen-bond acceptors (Lipinski definition) is 2. The normalized spacial score (nSPS) is 39.0. The fourth-order valence-electron chi connectivity index (χ4n) is 2.45. The summed E-state index contributed by atoms with van der Waals surface area (Å²) in [5.41, 5.74) is -0.373. The summed E-state index contributed by atoms with van der Waals surface area (Å²) in [6, 6.07) is 1.49. The van der Waals surface area contributed by atoms with E-state index in [1.165, 1.54) is 12.8 Å². The Hall–Kier alpha value is -0.0800. The Morgan fingerprint density at radius 2 is 1.57 bits per heavy atom. The molecular weight excluding hydrogens is 174 g/mol. The van der Waals surface area contributed by atoms with E-state index in [0.717, 1.165) is 31.7 Å². The maximum Gasteiger partial charge on any atom is 0.0671 e. The standard InChI is InChI=1S/C12H23NO/c1-9(2)12(14)7-5-11(6-8-12)13-10-3-4-10/h9-11,13-14H,3-8H2,1-2H3. The number of rotatable bonds is 3. The molecular formula is C12H23NO. The Bertz CT molecular complexity index is 190. The molecule has 2 heteroatoms. The van der Waals surface area contributed by atoms with E-state index in [2.05, 4.69) is 19.2 Å². The summed E-state index contributed by atoms with van der Waals surface area (Å²) in [5, 5.41) is 13.9. The van der Waals surface area contributed by atoms with Crippen molar-refractivity contribution in [2.24, 2.45) is 5.92 Å². The van der Waals surface area contributed by atoms with Crippen LogP contribution in [0.3, 0.4) is 0 Å². The van der Waals surface area contributed by atoms with Crippen LogP contribution < -0.4 is 5.32 Å². The second kappa shape index (κ2) is 3.82. The lowest BCUT2D eigenvalue weighted by Crippen LogP contribution is -2.44. The van der Waals surface area contributed by atoms with Crippen molar-refractivity contribution in [3.8, 4) is 0 Å². The highest BCUT2D eigenvalue weighted by atomic mass is 16.3. The molecule has 0 aromatic heterocycles. The van der Waals surface area contributed by atoms with Crippen molar-refractivity contribution < 1.29 is 5.11 Å². The van der Waals surface area contributed by atoms with Crippen molar-refractivity contribution in [1.29, 1.82) is 0 Å². The van der Waals surface area contributed by atoms with Gasteiger partial charge in [0.1, 0.15) is 0 Å². The van der Waals surface area contributed by atoms with E-state index in [9.17, 15) is 5.11 Å². The van der Waals surface area contributed by atoms with Crippen LogP contribution in [0.15, 0.2) is 0 Å². The highest BCUT2D eigenvalue weighted by Gasteiger charge is 2.37. The van der Waals surface area contributed by atoms with E-state index < -0.39 is 0 Å². The first-order chi connectivity index (χ1) is 6.60. The lowest BCUT2D eigenvalue weighted by atomic mass is 9.75. The topological polar surface area (TPSA) is 32.3 Å². The van der Waals surface area contributed by atoms with E-state index in [4.69, 9.17) is 0 Å². The molecule has 0 heterocycles. The molecule has 0 radical (unpaired) electrons. The molecule has 82 valence electrons. The van der Waals surface area contributed by atoms with Gasteiger partial charge in [-0.15, -0.1) is 0 Å². The van der Waals surface area contributed by atoms with Gasteiger partial charge >= 0.3 is 0 Å². The van der Waals surface area contributed by atoms with Gasteiger partial charge in [-0.1, -0.05) is 13.8 Å². The monoisotopic (exact) mass is 197 g/mol. The van der Waals surface area contributed by atoms with Gasteiger partial charge < -0.3 is 10.4 Å². The number of hydrogen-bond donors (Lipinski definition) is 2. The van der Waals surface area contributed by atoms with E-state index in [1.807, 2.05) is 0 Å². The smallest absolute Gasteiger partial charge is 0.0671 e. The van der Waals surface area contributed by atoms with Gasteiger partial charge in [0.05, 0.1) is 5.60 Å². The van der Waals surface area contributed by atoms with Crippen LogP contribution in [0.25, 0.3) is 0 Å². The Morgan fingerprint density at radius 3 is 2.00 bits per heavy atom. The fraction of sp³-hybridized carbons (Fsp3) is 1.00. The quantitative estimate of drug-likeness (QED) is 0.726. The lowest BCUT2D eigenvalue weighted by molar-refractivity contribution is -0.0430. The predicted molar refractivity (Wildman–Crippen MR) is 58.2 cm³/mol. The van der Waals surface area contributed by atoms with Gasteiger partial charge in [-0.2, -0.15) is 0 Å². The van der Waals surface area contributed by atoms with Gasteiger partial charge in [-0.25, -0.2) is 0 Å². The zero-order chi connectivity index (χ0) is 10.2. The third kappa shape index (κ3) is 2.29. The van der Waals surface area contributed by atoms with Crippen molar-refractivity contribution in [2.75, 3.05) is 0 Å². The molecule has 2 saturated carbocycles. The van der Waals surface area contributed by atoms with Gasteiger partial charge in [0.2, 0.25) is 0 Å². The second-order valence-electron chi connectivity index (χ2n) is 5.47. The van der Waals surface area contributed by atoms with Crippen molar-refractivity contribution >= 4 is 0 Å².